The minimum atomic E-state index is -4.94. The van der Waals surface area contributed by atoms with Crippen molar-refractivity contribution in [3.05, 3.63) is 95.1 Å². The van der Waals surface area contributed by atoms with Crippen LogP contribution in [0.3, 0.4) is 0 Å². The third-order valence-corrected chi connectivity index (χ3v) is 6.28. The van der Waals surface area contributed by atoms with Gasteiger partial charge in [0.2, 0.25) is 0 Å². The number of amides is 1. The average molecular weight is 540 g/mol. The summed E-state index contributed by atoms with van der Waals surface area (Å²) in [6, 6.07) is 17.2. The molecule has 3 aromatic carbocycles. The van der Waals surface area contributed by atoms with Crippen LogP contribution < -0.4 is 14.4 Å². The van der Waals surface area contributed by atoms with Crippen molar-refractivity contribution in [2.75, 3.05) is 11.5 Å². The number of aryl methyl sites for hydroxylation is 1. The number of alkyl halides is 3. The quantitative estimate of drug-likeness (QED) is 0.136. The van der Waals surface area contributed by atoms with E-state index in [0.717, 1.165) is 41.9 Å². The number of benzene rings is 3. The van der Waals surface area contributed by atoms with Crippen molar-refractivity contribution in [3.63, 3.8) is 0 Å². The van der Waals surface area contributed by atoms with Gasteiger partial charge in [-0.2, -0.15) is 0 Å². The Hall–Kier alpha value is -4.27. The zero-order chi connectivity index (χ0) is 28.2. The van der Waals surface area contributed by atoms with Gasteiger partial charge in [-0.3, -0.25) is 14.5 Å². The lowest BCUT2D eigenvalue weighted by molar-refractivity contribution is -0.274. The molecule has 204 valence electrons. The fraction of sp³-hybridized carbons (Fsp3) is 0.267. The number of Topliss-reactive ketones (excluding diaryl/α,β-unsaturated/α-hetero) is 1. The van der Waals surface area contributed by atoms with Gasteiger partial charge in [-0.1, -0.05) is 55.7 Å². The number of rotatable bonds is 9. The topological polar surface area (TPSA) is 76.1 Å². The van der Waals surface area contributed by atoms with Crippen molar-refractivity contribution in [3.8, 4) is 11.5 Å². The summed E-state index contributed by atoms with van der Waals surface area (Å²) in [5, 5.41) is 11.3. The number of unbranched alkanes of at least 4 members (excludes halogenated alkanes) is 2. The van der Waals surface area contributed by atoms with Crippen molar-refractivity contribution in [1.82, 2.24) is 0 Å². The number of anilines is 1. The summed E-state index contributed by atoms with van der Waals surface area (Å²) in [4.78, 5) is 27.7. The fourth-order valence-electron chi connectivity index (χ4n) is 4.49. The fourth-order valence-corrected chi connectivity index (χ4v) is 4.49. The van der Waals surface area contributed by atoms with Crippen molar-refractivity contribution in [2.45, 2.75) is 45.5 Å². The number of hydrogen-bond acceptors (Lipinski definition) is 5. The Balaban J connectivity index is 1.77. The minimum absolute atomic E-state index is 0.0141. The van der Waals surface area contributed by atoms with Gasteiger partial charge in [0, 0.05) is 17.3 Å². The number of nitrogens with zero attached hydrogens (tertiary/aromatic N) is 1. The van der Waals surface area contributed by atoms with Gasteiger partial charge in [0.15, 0.2) is 0 Å². The van der Waals surface area contributed by atoms with E-state index in [9.17, 15) is 27.9 Å². The largest absolute Gasteiger partial charge is 0.573 e. The van der Waals surface area contributed by atoms with Gasteiger partial charge >= 0.3 is 6.36 Å². The van der Waals surface area contributed by atoms with E-state index < -0.39 is 35.6 Å². The maximum absolute atomic E-state index is 13.3. The summed E-state index contributed by atoms with van der Waals surface area (Å²) in [6.07, 6.45) is -1.92. The number of aliphatic hydroxyl groups excluding tert-OH is 1. The van der Waals surface area contributed by atoms with Crippen LogP contribution >= 0.6 is 0 Å². The normalized spacial score (nSPS) is 16.9. The van der Waals surface area contributed by atoms with Crippen molar-refractivity contribution < 1.29 is 37.3 Å². The Kier molecular flexibility index (Phi) is 8.28. The average Bonchev–Trinajstić information content (AvgIpc) is 3.16. The van der Waals surface area contributed by atoms with Gasteiger partial charge in [0.1, 0.15) is 17.3 Å². The molecule has 1 saturated heterocycles. The van der Waals surface area contributed by atoms with Crippen LogP contribution in [-0.4, -0.2) is 29.8 Å². The molecule has 9 heteroatoms. The van der Waals surface area contributed by atoms with E-state index in [2.05, 4.69) is 11.7 Å². The van der Waals surface area contributed by atoms with Crippen LogP contribution in [0, 0.1) is 6.92 Å². The number of ether oxygens (including phenoxy) is 2. The highest BCUT2D eigenvalue weighted by molar-refractivity contribution is 6.51. The summed E-state index contributed by atoms with van der Waals surface area (Å²) < 4.78 is 48.3. The maximum Gasteiger partial charge on any atom is 0.573 e. The Bertz CT molecular complexity index is 1380. The summed E-state index contributed by atoms with van der Waals surface area (Å²) >= 11 is 0. The molecule has 0 spiro atoms. The second-order valence-electron chi connectivity index (χ2n) is 9.21. The summed E-state index contributed by atoms with van der Waals surface area (Å²) in [6.45, 7) is 4.47. The zero-order valence-corrected chi connectivity index (χ0v) is 21.5. The highest BCUT2D eigenvalue weighted by Gasteiger charge is 2.47. The Morgan fingerprint density at radius 2 is 1.67 bits per heavy atom. The summed E-state index contributed by atoms with van der Waals surface area (Å²) in [5.74, 6) is -2.29. The lowest BCUT2D eigenvalue weighted by Crippen LogP contribution is -2.29. The number of carbonyl (C=O) groups excluding carboxylic acids is 2. The molecule has 1 unspecified atom stereocenters. The smallest absolute Gasteiger partial charge is 0.507 e. The van der Waals surface area contributed by atoms with E-state index in [1.54, 1.807) is 42.5 Å². The standard InChI is InChI=1S/C30H28F3NO5/c1-3-4-5-16-38-23-14-12-20(13-15-23)27(35)25-26(21-9-6-8-19(2)17-21)34(29(37)28(25)36)22-10-7-11-24(18-22)39-30(31,32)33/h6-15,17-18,26,35H,3-5,16H2,1-2H3/b27-25+. The van der Waals surface area contributed by atoms with Crippen molar-refractivity contribution in [1.29, 1.82) is 0 Å². The first-order valence-electron chi connectivity index (χ1n) is 12.6. The Morgan fingerprint density at radius 1 is 0.949 bits per heavy atom. The molecule has 0 saturated carbocycles. The summed E-state index contributed by atoms with van der Waals surface area (Å²) in [5.41, 5.74) is 1.47. The van der Waals surface area contributed by atoms with Crippen LogP contribution in [0.15, 0.2) is 78.4 Å². The van der Waals surface area contributed by atoms with Crippen molar-refractivity contribution in [2.24, 2.45) is 0 Å². The molecule has 0 bridgehead atoms. The van der Waals surface area contributed by atoms with E-state index in [0.29, 0.717) is 23.5 Å². The number of carbonyl (C=O) groups is 2. The van der Waals surface area contributed by atoms with Gasteiger partial charge in [-0.05, 0) is 55.3 Å². The molecule has 0 aromatic heterocycles. The molecule has 39 heavy (non-hydrogen) atoms. The van der Waals surface area contributed by atoms with E-state index in [1.165, 1.54) is 12.1 Å². The molecule has 1 amide bonds. The lowest BCUT2D eigenvalue weighted by atomic mass is 9.94. The molecule has 3 aromatic rings. The molecular formula is C30H28F3NO5. The second kappa shape index (κ2) is 11.6. The second-order valence-corrected chi connectivity index (χ2v) is 9.21. The van der Waals surface area contributed by atoms with Crippen LogP contribution in [0.25, 0.3) is 5.76 Å². The molecule has 1 N–H and O–H groups in total. The number of aliphatic hydroxyl groups is 1. The monoisotopic (exact) mass is 539 g/mol. The molecule has 1 heterocycles. The molecule has 1 atom stereocenters. The SMILES string of the molecule is CCCCCOc1ccc(/C(O)=C2\C(=O)C(=O)N(c3cccc(OC(F)(F)F)c3)C2c2cccc(C)c2)cc1. The van der Waals surface area contributed by atoms with Crippen LogP contribution in [0.4, 0.5) is 18.9 Å². The zero-order valence-electron chi connectivity index (χ0n) is 21.5. The first-order valence-corrected chi connectivity index (χ1v) is 12.6. The minimum Gasteiger partial charge on any atom is -0.507 e. The van der Waals surface area contributed by atoms with Crippen LogP contribution in [-0.2, 0) is 9.59 Å². The molecule has 6 nitrogen and oxygen atoms in total. The Morgan fingerprint density at radius 3 is 2.33 bits per heavy atom. The maximum atomic E-state index is 13.3. The molecule has 1 fully saturated rings. The van der Waals surface area contributed by atoms with Crippen molar-refractivity contribution >= 4 is 23.1 Å². The van der Waals surface area contributed by atoms with Gasteiger partial charge in [-0.15, -0.1) is 13.2 Å². The highest BCUT2D eigenvalue weighted by atomic mass is 19.4. The highest BCUT2D eigenvalue weighted by Crippen LogP contribution is 2.43. The molecule has 1 aliphatic heterocycles. The van der Waals surface area contributed by atoms with Crippen LogP contribution in [0.5, 0.6) is 11.5 Å². The molecule has 1 aliphatic rings. The van der Waals surface area contributed by atoms with Gasteiger partial charge < -0.3 is 14.6 Å². The van der Waals surface area contributed by atoms with Gasteiger partial charge in [0.25, 0.3) is 11.7 Å². The summed E-state index contributed by atoms with van der Waals surface area (Å²) in [7, 11) is 0. The van der Waals surface area contributed by atoms with Crippen LogP contribution in [0.2, 0.25) is 0 Å². The number of ketones is 1. The van der Waals surface area contributed by atoms with Gasteiger partial charge in [-0.25, -0.2) is 0 Å². The van der Waals surface area contributed by atoms with E-state index in [-0.39, 0.29) is 11.3 Å². The molecule has 0 radical (unpaired) electrons. The molecular weight excluding hydrogens is 511 g/mol. The number of halogens is 3. The first kappa shape index (κ1) is 27.8. The van der Waals surface area contributed by atoms with E-state index in [1.807, 2.05) is 13.0 Å². The third-order valence-electron chi connectivity index (χ3n) is 6.28. The van der Waals surface area contributed by atoms with Gasteiger partial charge in [0.05, 0.1) is 18.2 Å². The number of hydrogen-bond donors (Lipinski definition) is 1. The lowest BCUT2D eigenvalue weighted by Gasteiger charge is -2.26. The van der Waals surface area contributed by atoms with Crippen LogP contribution in [0.1, 0.15) is 48.9 Å². The predicted octanol–water partition coefficient (Wildman–Crippen LogP) is 7.09. The van der Waals surface area contributed by atoms with E-state index >= 15 is 0 Å². The van der Waals surface area contributed by atoms with E-state index in [4.69, 9.17) is 4.74 Å². The predicted molar refractivity (Wildman–Crippen MR) is 141 cm³/mol. The molecule has 0 aliphatic carbocycles. The molecule has 4 rings (SSSR count). The third kappa shape index (κ3) is 6.42. The Labute approximate surface area is 224 Å². The first-order chi connectivity index (χ1) is 18.6.